The van der Waals surface area contributed by atoms with Crippen LogP contribution >= 0.6 is 23.4 Å². The van der Waals surface area contributed by atoms with Crippen molar-refractivity contribution in [2.75, 3.05) is 11.4 Å². The van der Waals surface area contributed by atoms with Crippen LogP contribution in [0.5, 0.6) is 0 Å². The van der Waals surface area contributed by atoms with Crippen LogP contribution in [0, 0.1) is 0 Å². The number of amides is 1. The van der Waals surface area contributed by atoms with Crippen LogP contribution in [0.2, 0.25) is 5.02 Å². The molecule has 2 heterocycles. The Morgan fingerprint density at radius 2 is 2.00 bits per heavy atom. The lowest BCUT2D eigenvalue weighted by molar-refractivity contribution is -0.115. The molecule has 156 valence electrons. The lowest BCUT2D eigenvalue weighted by Crippen LogP contribution is -2.48. The number of anilines is 1. The highest BCUT2D eigenvalue weighted by atomic mass is 35.5. The van der Waals surface area contributed by atoms with Gasteiger partial charge in [0.15, 0.2) is 5.17 Å². The molecule has 6 heteroatoms. The van der Waals surface area contributed by atoms with Crippen molar-refractivity contribution in [3.05, 3.63) is 63.5 Å². The fourth-order valence-corrected chi connectivity index (χ4v) is 5.43. The molecule has 1 saturated heterocycles. The SMILES string of the molecule is CCN1c2ccc(/C=C3\SC(=Nc4ccc(Cl)cc4)NC3=O)cc2C(C)CC1(C)C. The van der Waals surface area contributed by atoms with Crippen molar-refractivity contribution in [3.63, 3.8) is 0 Å². The van der Waals surface area contributed by atoms with E-state index in [9.17, 15) is 4.79 Å². The van der Waals surface area contributed by atoms with E-state index in [-0.39, 0.29) is 11.4 Å². The first-order chi connectivity index (χ1) is 14.3. The maximum atomic E-state index is 12.5. The summed E-state index contributed by atoms with van der Waals surface area (Å²) in [6, 6.07) is 13.8. The minimum Gasteiger partial charge on any atom is -0.366 e. The summed E-state index contributed by atoms with van der Waals surface area (Å²) >= 11 is 7.29. The highest BCUT2D eigenvalue weighted by molar-refractivity contribution is 8.18. The van der Waals surface area contributed by atoms with Gasteiger partial charge in [-0.2, -0.15) is 0 Å². The topological polar surface area (TPSA) is 44.7 Å². The van der Waals surface area contributed by atoms with E-state index in [0.717, 1.165) is 24.2 Å². The largest absolute Gasteiger partial charge is 0.366 e. The zero-order chi connectivity index (χ0) is 21.5. The Morgan fingerprint density at radius 3 is 2.70 bits per heavy atom. The van der Waals surface area contributed by atoms with Crippen molar-refractivity contribution < 1.29 is 4.79 Å². The lowest BCUT2D eigenvalue weighted by atomic mass is 9.79. The molecule has 0 saturated carbocycles. The van der Waals surface area contributed by atoms with Gasteiger partial charge in [0, 0.05) is 22.8 Å². The summed E-state index contributed by atoms with van der Waals surface area (Å²) < 4.78 is 0. The Bertz CT molecular complexity index is 1040. The molecular weight excluding hydrogens is 414 g/mol. The summed E-state index contributed by atoms with van der Waals surface area (Å²) in [6.07, 6.45) is 3.06. The van der Waals surface area contributed by atoms with E-state index in [4.69, 9.17) is 11.6 Å². The number of benzene rings is 2. The van der Waals surface area contributed by atoms with Crippen LogP contribution in [-0.4, -0.2) is 23.2 Å². The first kappa shape index (κ1) is 21.0. The van der Waals surface area contributed by atoms with E-state index in [0.29, 0.717) is 21.0 Å². The van der Waals surface area contributed by atoms with Crippen molar-refractivity contribution in [2.45, 2.75) is 45.6 Å². The number of hydrogen-bond donors (Lipinski definition) is 1. The van der Waals surface area contributed by atoms with E-state index in [2.05, 4.69) is 61.1 Å². The summed E-state index contributed by atoms with van der Waals surface area (Å²) in [5.74, 6) is 0.359. The van der Waals surface area contributed by atoms with Crippen molar-refractivity contribution in [1.29, 1.82) is 0 Å². The molecule has 0 bridgehead atoms. The molecule has 1 atom stereocenters. The summed E-state index contributed by atoms with van der Waals surface area (Å²) in [4.78, 5) is 20.1. The molecule has 0 aliphatic carbocycles. The molecule has 1 amide bonds. The van der Waals surface area contributed by atoms with Crippen LogP contribution in [0.3, 0.4) is 0 Å². The zero-order valence-electron chi connectivity index (χ0n) is 17.7. The second-order valence-electron chi connectivity index (χ2n) is 8.44. The summed E-state index contributed by atoms with van der Waals surface area (Å²) in [7, 11) is 0. The molecule has 2 aliphatic heterocycles. The van der Waals surface area contributed by atoms with Gasteiger partial charge in [-0.3, -0.25) is 4.79 Å². The normalized spacial score (nSPS) is 23.0. The monoisotopic (exact) mass is 439 g/mol. The molecular formula is C24H26ClN3OS. The first-order valence-corrected chi connectivity index (χ1v) is 11.4. The lowest BCUT2D eigenvalue weighted by Gasteiger charge is -2.47. The van der Waals surface area contributed by atoms with E-state index in [1.54, 1.807) is 12.1 Å². The van der Waals surface area contributed by atoms with Crippen LogP contribution in [0.1, 0.15) is 51.2 Å². The Kier molecular flexibility index (Phi) is 5.69. The molecule has 0 aromatic heterocycles. The zero-order valence-corrected chi connectivity index (χ0v) is 19.3. The van der Waals surface area contributed by atoms with Crippen molar-refractivity contribution in [1.82, 2.24) is 5.32 Å². The van der Waals surface area contributed by atoms with Crippen molar-refractivity contribution in [3.8, 4) is 0 Å². The van der Waals surface area contributed by atoms with Crippen molar-refractivity contribution >= 4 is 51.9 Å². The highest BCUT2D eigenvalue weighted by Gasteiger charge is 2.35. The molecule has 2 aromatic rings. The predicted octanol–water partition coefficient (Wildman–Crippen LogP) is 6.34. The molecule has 1 fully saturated rings. The van der Waals surface area contributed by atoms with E-state index >= 15 is 0 Å². The number of carbonyl (C=O) groups excluding carboxylic acids is 1. The van der Waals surface area contributed by atoms with Gasteiger partial charge in [-0.1, -0.05) is 24.6 Å². The van der Waals surface area contributed by atoms with E-state index in [1.165, 1.54) is 23.0 Å². The van der Waals surface area contributed by atoms with Gasteiger partial charge in [-0.05, 0) is 98.5 Å². The smallest absolute Gasteiger partial charge is 0.264 e. The molecule has 0 radical (unpaired) electrons. The maximum Gasteiger partial charge on any atom is 0.264 e. The first-order valence-electron chi connectivity index (χ1n) is 10.2. The number of halogens is 1. The van der Waals surface area contributed by atoms with Gasteiger partial charge in [0.25, 0.3) is 5.91 Å². The number of hydrogen-bond acceptors (Lipinski definition) is 4. The van der Waals surface area contributed by atoms with Gasteiger partial charge in [0.1, 0.15) is 0 Å². The van der Waals surface area contributed by atoms with Crippen LogP contribution in [0.25, 0.3) is 6.08 Å². The molecule has 0 spiro atoms. The van der Waals surface area contributed by atoms with Gasteiger partial charge in [-0.25, -0.2) is 4.99 Å². The third kappa shape index (κ3) is 4.14. The second kappa shape index (κ2) is 8.12. The average Bonchev–Trinajstić information content (AvgIpc) is 3.02. The number of nitrogens with one attached hydrogen (secondary N) is 1. The number of nitrogens with zero attached hydrogens (tertiary/aromatic N) is 2. The molecule has 2 aromatic carbocycles. The fraction of sp³-hybridized carbons (Fsp3) is 0.333. The Hall–Kier alpha value is -2.24. The Balaban J connectivity index is 1.60. The standard InChI is InChI=1S/C24H26ClN3OS/c1-5-28-20-11-6-16(12-19(20)15(2)14-24(28,3)4)13-21-22(29)27-23(30-21)26-18-9-7-17(25)8-10-18/h6-13,15H,5,14H2,1-4H3,(H,26,27,29)/b21-13-. The van der Waals surface area contributed by atoms with E-state index < -0.39 is 0 Å². The number of fused-ring (bicyclic) bond motifs is 1. The van der Waals surface area contributed by atoms with Gasteiger partial charge in [0.05, 0.1) is 10.6 Å². The van der Waals surface area contributed by atoms with Crippen LogP contribution < -0.4 is 10.2 Å². The molecule has 30 heavy (non-hydrogen) atoms. The predicted molar refractivity (Wildman–Crippen MR) is 129 cm³/mol. The molecule has 4 rings (SSSR count). The number of aliphatic imine (C=N–C) groups is 1. The minimum absolute atomic E-state index is 0.116. The average molecular weight is 440 g/mol. The van der Waals surface area contributed by atoms with E-state index in [1.807, 2.05) is 18.2 Å². The third-order valence-electron chi connectivity index (χ3n) is 5.73. The molecule has 1 N–H and O–H groups in total. The van der Waals surface area contributed by atoms with Crippen LogP contribution in [0.15, 0.2) is 52.4 Å². The van der Waals surface area contributed by atoms with Gasteiger partial charge in [0.2, 0.25) is 0 Å². The summed E-state index contributed by atoms with van der Waals surface area (Å²) in [6.45, 7) is 10.1. The highest BCUT2D eigenvalue weighted by Crippen LogP contribution is 2.43. The molecule has 4 nitrogen and oxygen atoms in total. The summed E-state index contributed by atoms with van der Waals surface area (Å²) in [5, 5.41) is 4.09. The molecule has 2 aliphatic rings. The van der Waals surface area contributed by atoms with Crippen molar-refractivity contribution in [2.24, 2.45) is 4.99 Å². The second-order valence-corrected chi connectivity index (χ2v) is 9.91. The number of rotatable bonds is 3. The fourth-order valence-electron chi connectivity index (χ4n) is 4.46. The number of amidine groups is 1. The Labute approximate surface area is 187 Å². The summed E-state index contributed by atoms with van der Waals surface area (Å²) in [5.41, 5.74) is 4.60. The van der Waals surface area contributed by atoms with Crippen LogP contribution in [0.4, 0.5) is 11.4 Å². The van der Waals surface area contributed by atoms with Gasteiger partial charge >= 0.3 is 0 Å². The number of thioether (sulfide) groups is 1. The molecule has 1 unspecified atom stereocenters. The van der Waals surface area contributed by atoms with Gasteiger partial charge < -0.3 is 10.2 Å². The minimum atomic E-state index is -0.116. The third-order valence-corrected chi connectivity index (χ3v) is 6.89. The Morgan fingerprint density at radius 1 is 1.27 bits per heavy atom. The van der Waals surface area contributed by atoms with Crippen LogP contribution in [-0.2, 0) is 4.79 Å². The van der Waals surface area contributed by atoms with Gasteiger partial charge in [-0.15, -0.1) is 0 Å². The number of carbonyl (C=O) groups is 1. The maximum absolute atomic E-state index is 12.5. The quantitative estimate of drug-likeness (QED) is 0.567.